The van der Waals surface area contributed by atoms with E-state index in [0.717, 1.165) is 0 Å². The fourth-order valence-electron chi connectivity index (χ4n) is 1.90. The molecule has 2 rings (SSSR count). The molecule has 0 aliphatic heterocycles. The van der Waals surface area contributed by atoms with Crippen LogP contribution in [-0.2, 0) is 16.6 Å². The lowest BCUT2D eigenvalue weighted by molar-refractivity contribution is 0.280. The Bertz CT molecular complexity index is 776. The summed E-state index contributed by atoms with van der Waals surface area (Å²) < 4.78 is 27.4. The summed E-state index contributed by atoms with van der Waals surface area (Å²) >= 11 is 11.9. The Kier molecular flexibility index (Phi) is 4.78. The molecule has 0 fully saturated rings. The van der Waals surface area contributed by atoms with E-state index >= 15 is 0 Å². The molecule has 0 aromatic heterocycles. The van der Waals surface area contributed by atoms with Gasteiger partial charge < -0.3 is 5.11 Å². The molecule has 0 amide bonds. The third-order valence-corrected chi connectivity index (χ3v) is 5.05. The van der Waals surface area contributed by atoms with Crippen molar-refractivity contribution in [1.82, 2.24) is 0 Å². The van der Waals surface area contributed by atoms with Gasteiger partial charge in [-0.1, -0.05) is 35.3 Å². The minimum atomic E-state index is -3.85. The molecule has 0 heterocycles. The lowest BCUT2D eigenvalue weighted by Crippen LogP contribution is -2.15. The predicted octanol–water partition coefficient (Wildman–Crippen LogP) is 3.59. The molecular weight excluding hydrogens is 333 g/mol. The number of anilines is 1. The van der Waals surface area contributed by atoms with Crippen LogP contribution < -0.4 is 4.72 Å². The maximum Gasteiger partial charge on any atom is 0.262 e. The van der Waals surface area contributed by atoms with Crippen LogP contribution in [0, 0.1) is 6.92 Å². The Balaban J connectivity index is 2.50. The fourth-order valence-corrected chi connectivity index (χ4v) is 3.83. The first-order chi connectivity index (χ1) is 9.85. The highest BCUT2D eigenvalue weighted by Gasteiger charge is 2.20. The van der Waals surface area contributed by atoms with Gasteiger partial charge in [-0.2, -0.15) is 0 Å². The van der Waals surface area contributed by atoms with Gasteiger partial charge in [0.1, 0.15) is 0 Å². The van der Waals surface area contributed by atoms with Crippen molar-refractivity contribution in [2.45, 2.75) is 18.4 Å². The van der Waals surface area contributed by atoms with E-state index < -0.39 is 10.0 Å². The molecule has 21 heavy (non-hydrogen) atoms. The summed E-state index contributed by atoms with van der Waals surface area (Å²) in [6.07, 6.45) is 0. The highest BCUT2D eigenvalue weighted by molar-refractivity contribution is 7.92. The van der Waals surface area contributed by atoms with Crippen LogP contribution in [-0.4, -0.2) is 13.5 Å². The van der Waals surface area contributed by atoms with E-state index in [0.29, 0.717) is 16.1 Å². The second-order valence-corrected chi connectivity index (χ2v) is 6.93. The third kappa shape index (κ3) is 3.49. The van der Waals surface area contributed by atoms with Crippen LogP contribution in [0.5, 0.6) is 0 Å². The molecule has 112 valence electrons. The van der Waals surface area contributed by atoms with Crippen molar-refractivity contribution in [3.8, 4) is 0 Å². The molecule has 4 nitrogen and oxygen atoms in total. The number of rotatable bonds is 4. The van der Waals surface area contributed by atoms with Gasteiger partial charge in [0.25, 0.3) is 10.0 Å². The van der Waals surface area contributed by atoms with E-state index in [2.05, 4.69) is 4.72 Å². The van der Waals surface area contributed by atoms with Crippen molar-refractivity contribution in [2.75, 3.05) is 4.72 Å². The van der Waals surface area contributed by atoms with Crippen LogP contribution in [0.3, 0.4) is 0 Å². The maximum absolute atomic E-state index is 12.5. The van der Waals surface area contributed by atoms with Gasteiger partial charge in [-0.3, -0.25) is 4.72 Å². The second kappa shape index (κ2) is 6.23. The summed E-state index contributed by atoms with van der Waals surface area (Å²) in [5.74, 6) is 0. The first kappa shape index (κ1) is 16.1. The van der Waals surface area contributed by atoms with E-state index in [1.807, 2.05) is 0 Å². The van der Waals surface area contributed by atoms with Crippen LogP contribution in [0.25, 0.3) is 0 Å². The van der Waals surface area contributed by atoms with Gasteiger partial charge in [0, 0.05) is 5.02 Å². The number of para-hydroxylation sites is 1. The van der Waals surface area contributed by atoms with Crippen molar-refractivity contribution in [2.24, 2.45) is 0 Å². The van der Waals surface area contributed by atoms with Gasteiger partial charge >= 0.3 is 0 Å². The first-order valence-corrected chi connectivity index (χ1v) is 8.26. The highest BCUT2D eigenvalue weighted by atomic mass is 35.5. The summed E-state index contributed by atoms with van der Waals surface area (Å²) in [6.45, 7) is 1.32. The number of hydrogen-bond donors (Lipinski definition) is 2. The van der Waals surface area contributed by atoms with Crippen molar-refractivity contribution >= 4 is 38.9 Å². The number of halogens is 2. The normalized spacial score (nSPS) is 11.4. The number of hydrogen-bond acceptors (Lipinski definition) is 3. The first-order valence-electron chi connectivity index (χ1n) is 6.02. The summed E-state index contributed by atoms with van der Waals surface area (Å²) in [4.78, 5) is 0.0129. The molecule has 0 unspecified atom stereocenters. The number of benzene rings is 2. The minimum absolute atomic E-state index is 0.0129. The molecule has 0 spiro atoms. The van der Waals surface area contributed by atoms with Crippen LogP contribution in [0.2, 0.25) is 10.0 Å². The molecule has 0 atom stereocenters. The molecule has 2 N–H and O–H groups in total. The summed E-state index contributed by atoms with van der Waals surface area (Å²) in [7, 11) is -3.85. The van der Waals surface area contributed by atoms with Crippen LogP contribution >= 0.6 is 23.2 Å². The molecule has 0 aliphatic carbocycles. The van der Waals surface area contributed by atoms with Gasteiger partial charge in [-0.05, 0) is 42.3 Å². The summed E-state index contributed by atoms with van der Waals surface area (Å²) in [5.41, 5.74) is 1.19. The van der Waals surface area contributed by atoms with Gasteiger partial charge in [-0.25, -0.2) is 8.42 Å². The largest absolute Gasteiger partial charge is 0.392 e. The standard InChI is InChI=1S/C14H13Cl2NO3S/c1-9-10(8-18)6-11(15)7-14(9)21(19,20)17-13-5-3-2-4-12(13)16/h2-7,17-18H,8H2,1H3. The van der Waals surface area contributed by atoms with Crippen molar-refractivity contribution in [3.05, 3.63) is 57.6 Å². The smallest absolute Gasteiger partial charge is 0.262 e. The van der Waals surface area contributed by atoms with Crippen molar-refractivity contribution < 1.29 is 13.5 Å². The zero-order valence-electron chi connectivity index (χ0n) is 11.1. The summed E-state index contributed by atoms with van der Waals surface area (Å²) in [5, 5.41) is 9.81. The molecule has 0 bridgehead atoms. The van der Waals surface area contributed by atoms with E-state index in [9.17, 15) is 13.5 Å². The number of aliphatic hydroxyl groups is 1. The minimum Gasteiger partial charge on any atom is -0.392 e. The monoisotopic (exact) mass is 345 g/mol. The van der Waals surface area contributed by atoms with Crippen LogP contribution in [0.4, 0.5) is 5.69 Å². The SMILES string of the molecule is Cc1c(CO)cc(Cl)cc1S(=O)(=O)Nc1ccccc1Cl. The van der Waals surface area contributed by atoms with Crippen molar-refractivity contribution in [1.29, 1.82) is 0 Å². The average Bonchev–Trinajstić information content (AvgIpc) is 2.43. The molecule has 0 saturated heterocycles. The zero-order valence-corrected chi connectivity index (χ0v) is 13.4. The van der Waals surface area contributed by atoms with Gasteiger partial charge in [0.2, 0.25) is 0 Å². The fraction of sp³-hybridized carbons (Fsp3) is 0.143. The predicted molar refractivity (Wildman–Crippen MR) is 84.4 cm³/mol. The van der Waals surface area contributed by atoms with Crippen LogP contribution in [0.15, 0.2) is 41.3 Å². The van der Waals surface area contributed by atoms with Gasteiger partial charge in [0.15, 0.2) is 0 Å². The number of nitrogens with one attached hydrogen (secondary N) is 1. The molecule has 2 aromatic carbocycles. The molecule has 0 radical (unpaired) electrons. The molecule has 2 aromatic rings. The molecule has 0 aliphatic rings. The second-order valence-electron chi connectivity index (χ2n) is 4.43. The summed E-state index contributed by atoms with van der Waals surface area (Å²) in [6, 6.07) is 9.40. The van der Waals surface area contributed by atoms with E-state index in [-0.39, 0.29) is 22.2 Å². The maximum atomic E-state index is 12.5. The van der Waals surface area contributed by atoms with E-state index in [4.69, 9.17) is 23.2 Å². The Morgan fingerprint density at radius 1 is 1.19 bits per heavy atom. The molecule has 0 saturated carbocycles. The third-order valence-electron chi connectivity index (χ3n) is 3.01. The Morgan fingerprint density at radius 2 is 1.86 bits per heavy atom. The van der Waals surface area contributed by atoms with Crippen LogP contribution in [0.1, 0.15) is 11.1 Å². The van der Waals surface area contributed by atoms with E-state index in [1.165, 1.54) is 12.1 Å². The van der Waals surface area contributed by atoms with Crippen molar-refractivity contribution in [3.63, 3.8) is 0 Å². The lowest BCUT2D eigenvalue weighted by atomic mass is 10.1. The average molecular weight is 346 g/mol. The zero-order chi connectivity index (χ0) is 15.6. The number of sulfonamides is 1. The molecular formula is C14H13Cl2NO3S. The quantitative estimate of drug-likeness (QED) is 0.889. The Morgan fingerprint density at radius 3 is 2.48 bits per heavy atom. The van der Waals surface area contributed by atoms with E-state index in [1.54, 1.807) is 31.2 Å². The lowest BCUT2D eigenvalue weighted by Gasteiger charge is -2.14. The molecule has 7 heteroatoms. The topological polar surface area (TPSA) is 66.4 Å². The van der Waals surface area contributed by atoms with Gasteiger partial charge in [-0.15, -0.1) is 0 Å². The Labute approximate surface area is 133 Å². The van der Waals surface area contributed by atoms with Gasteiger partial charge in [0.05, 0.1) is 22.2 Å². The Hall–Kier alpha value is -1.27. The highest BCUT2D eigenvalue weighted by Crippen LogP contribution is 2.28. The number of aliphatic hydroxyl groups excluding tert-OH is 1.